The molecule has 0 heterocycles. The molecule has 0 fully saturated rings. The molecule has 0 saturated heterocycles. The van der Waals surface area contributed by atoms with Gasteiger partial charge in [0.2, 0.25) is 0 Å². The Kier molecular flexibility index (Phi) is 8.80. The zero-order valence-corrected chi connectivity index (χ0v) is 9.05. The maximum absolute atomic E-state index is 8.74. The van der Waals surface area contributed by atoms with Crippen LogP contribution in [0.15, 0.2) is 0 Å². The third-order valence-corrected chi connectivity index (χ3v) is 4.02. The quantitative estimate of drug-likeness (QED) is 0.246. The van der Waals surface area contributed by atoms with Crippen LogP contribution in [0, 0.1) is 0 Å². The summed E-state index contributed by atoms with van der Waals surface area (Å²) in [5.74, 6) is 0. The molecule has 0 atom stereocenters. The van der Waals surface area contributed by atoms with Gasteiger partial charge in [-0.2, -0.15) is 8.42 Å². The molecule has 6 N–H and O–H groups in total. The Balaban J connectivity index is 0. The molecule has 90 valence electrons. The first kappa shape index (κ1) is 16.6. The van der Waals surface area contributed by atoms with Crippen LogP contribution in [-0.2, 0) is 10.4 Å². The molecule has 0 spiro atoms. The molecule has 0 aliphatic heterocycles. The fourth-order valence-electron chi connectivity index (χ4n) is 0.300. The predicted octanol–water partition coefficient (Wildman–Crippen LogP) is -2.12. The van der Waals surface area contributed by atoms with E-state index >= 15 is 0 Å². The van der Waals surface area contributed by atoms with Gasteiger partial charge in [-0.15, -0.1) is 0 Å². The van der Waals surface area contributed by atoms with Gasteiger partial charge in [0.15, 0.2) is 0 Å². The SMILES string of the molecule is O=S(=O)(O)O.OC[PH](CO)(CO)CO. The fraction of sp³-hybridized carbons (Fsp3) is 1.00. The van der Waals surface area contributed by atoms with E-state index in [1.165, 1.54) is 0 Å². The molecule has 0 rings (SSSR count). The van der Waals surface area contributed by atoms with Gasteiger partial charge in [0.1, 0.15) is 0 Å². The van der Waals surface area contributed by atoms with Crippen molar-refractivity contribution in [2.24, 2.45) is 0 Å². The number of hydrogen-bond acceptors (Lipinski definition) is 6. The first-order valence-corrected chi connectivity index (χ1v) is 7.60. The van der Waals surface area contributed by atoms with Gasteiger partial charge in [0, 0.05) is 0 Å². The topological polar surface area (TPSA) is 156 Å². The summed E-state index contributed by atoms with van der Waals surface area (Å²) in [6.07, 6.45) is -1.07. The number of aliphatic hydroxyl groups is 4. The average molecular weight is 254 g/mol. The fourth-order valence-corrected chi connectivity index (χ4v) is 0.900. The number of rotatable bonds is 4. The molecule has 0 aromatic heterocycles. The first-order valence-electron chi connectivity index (χ1n) is 3.38. The Hall–Kier alpha value is 0.140. The van der Waals surface area contributed by atoms with Gasteiger partial charge in [-0.25, -0.2) is 0 Å². The summed E-state index contributed by atoms with van der Waals surface area (Å²) in [7, 11) is -7.14. The maximum atomic E-state index is 8.74. The Bertz CT molecular complexity index is 196. The summed E-state index contributed by atoms with van der Waals surface area (Å²) in [5, 5.41) is 34.2. The van der Waals surface area contributed by atoms with Crippen molar-refractivity contribution < 1.29 is 37.9 Å². The van der Waals surface area contributed by atoms with Gasteiger partial charge in [-0.3, -0.25) is 9.11 Å². The van der Waals surface area contributed by atoms with E-state index in [9.17, 15) is 0 Å². The molecular weight excluding hydrogens is 239 g/mol. The summed E-state index contributed by atoms with van der Waals surface area (Å²) in [5.41, 5.74) is 0. The van der Waals surface area contributed by atoms with Crippen LogP contribution in [0.1, 0.15) is 0 Å². The monoisotopic (exact) mass is 254 g/mol. The molecule has 0 bridgehead atoms. The molecule has 10 heteroatoms. The van der Waals surface area contributed by atoms with Crippen molar-refractivity contribution in [3.8, 4) is 0 Å². The van der Waals surface area contributed by atoms with Crippen LogP contribution in [0.2, 0.25) is 0 Å². The van der Waals surface area contributed by atoms with E-state index in [1.807, 2.05) is 0 Å². The van der Waals surface area contributed by atoms with Crippen molar-refractivity contribution in [1.29, 1.82) is 0 Å². The third-order valence-electron chi connectivity index (χ3n) is 1.34. The van der Waals surface area contributed by atoms with Crippen molar-refractivity contribution in [2.45, 2.75) is 0 Å². The summed E-state index contributed by atoms with van der Waals surface area (Å²) in [6, 6.07) is 0. The first-order chi connectivity index (χ1) is 6.24. The Morgan fingerprint density at radius 1 is 0.786 bits per heavy atom. The Morgan fingerprint density at radius 3 is 0.929 bits per heavy atom. The average Bonchev–Trinajstić information content (AvgIpc) is 2.07. The molecule has 0 aliphatic rings. The van der Waals surface area contributed by atoms with Gasteiger partial charge >= 0.3 is 63.5 Å². The van der Waals surface area contributed by atoms with Gasteiger partial charge < -0.3 is 0 Å². The van der Waals surface area contributed by atoms with E-state index in [0.29, 0.717) is 0 Å². The van der Waals surface area contributed by atoms with Crippen LogP contribution in [0.5, 0.6) is 0 Å². The molecular formula is C4H15O8PS. The molecule has 0 aromatic rings. The van der Waals surface area contributed by atoms with Gasteiger partial charge in [0.05, 0.1) is 0 Å². The van der Waals surface area contributed by atoms with Crippen molar-refractivity contribution in [2.75, 3.05) is 25.4 Å². The molecule has 0 aliphatic carbocycles. The third kappa shape index (κ3) is 10.2. The molecule has 0 radical (unpaired) electrons. The second-order valence-electron chi connectivity index (χ2n) is 2.58. The van der Waals surface area contributed by atoms with Crippen LogP contribution in [0.3, 0.4) is 0 Å². The Morgan fingerprint density at radius 2 is 0.929 bits per heavy atom. The molecule has 0 amide bonds. The van der Waals surface area contributed by atoms with Crippen LogP contribution >= 0.6 is 7.26 Å². The molecule has 0 unspecified atom stereocenters. The second-order valence-corrected chi connectivity index (χ2v) is 7.74. The van der Waals surface area contributed by atoms with Crippen molar-refractivity contribution in [1.82, 2.24) is 0 Å². The number of aliphatic hydroxyl groups excluding tert-OH is 4. The second kappa shape index (κ2) is 7.43. The van der Waals surface area contributed by atoms with Gasteiger partial charge in [0.25, 0.3) is 0 Å². The van der Waals surface area contributed by atoms with Crippen molar-refractivity contribution >= 4 is 17.7 Å². The number of hydrogen-bond donors (Lipinski definition) is 6. The van der Waals surface area contributed by atoms with Crippen molar-refractivity contribution in [3.05, 3.63) is 0 Å². The summed E-state index contributed by atoms with van der Waals surface area (Å²) in [6.45, 7) is 0. The van der Waals surface area contributed by atoms with E-state index < -0.39 is 17.7 Å². The summed E-state index contributed by atoms with van der Waals surface area (Å²) >= 11 is 0. The zero-order valence-electron chi connectivity index (χ0n) is 7.24. The van der Waals surface area contributed by atoms with Crippen LogP contribution < -0.4 is 0 Å². The van der Waals surface area contributed by atoms with Gasteiger partial charge in [-0.1, -0.05) is 0 Å². The van der Waals surface area contributed by atoms with Crippen molar-refractivity contribution in [3.63, 3.8) is 0 Å². The minimum absolute atomic E-state index is 0.267. The van der Waals surface area contributed by atoms with Crippen LogP contribution in [0.25, 0.3) is 0 Å². The molecule has 0 saturated carbocycles. The standard InChI is InChI=1S/C4H13O4P.H2O4S/c5-1-9(2-6,3-7)4-8;1-5(2,3)4/h5-9H,1-4H2;(H2,1,2,3,4). The molecule has 0 aromatic carbocycles. The normalized spacial score (nSPS) is 13.0. The zero-order chi connectivity index (χ0) is 11.8. The van der Waals surface area contributed by atoms with Crippen LogP contribution in [-0.4, -0.2) is 63.3 Å². The van der Waals surface area contributed by atoms with E-state index in [2.05, 4.69) is 0 Å². The minimum atomic E-state index is -4.67. The van der Waals surface area contributed by atoms with E-state index in [-0.39, 0.29) is 25.4 Å². The van der Waals surface area contributed by atoms with E-state index in [0.717, 1.165) is 0 Å². The van der Waals surface area contributed by atoms with E-state index in [4.69, 9.17) is 37.9 Å². The summed E-state index contributed by atoms with van der Waals surface area (Å²) < 4.78 is 31.6. The Labute approximate surface area is 81.7 Å². The molecule has 14 heavy (non-hydrogen) atoms. The summed E-state index contributed by atoms with van der Waals surface area (Å²) in [4.78, 5) is 0. The van der Waals surface area contributed by atoms with E-state index in [1.54, 1.807) is 0 Å². The molecule has 8 nitrogen and oxygen atoms in total. The van der Waals surface area contributed by atoms with Gasteiger partial charge in [-0.05, 0) is 0 Å². The predicted molar refractivity (Wildman–Crippen MR) is 50.8 cm³/mol. The van der Waals surface area contributed by atoms with Crippen LogP contribution in [0.4, 0.5) is 0 Å².